The van der Waals surface area contributed by atoms with E-state index < -0.39 is 4.92 Å². The van der Waals surface area contributed by atoms with Gasteiger partial charge in [0.05, 0.1) is 6.07 Å². The van der Waals surface area contributed by atoms with Crippen LogP contribution >= 0.6 is 15.9 Å². The molecular formula is C7H6BrNO3. The van der Waals surface area contributed by atoms with Crippen LogP contribution in [0.2, 0.25) is 0 Å². The first-order valence-electron chi connectivity index (χ1n) is 3.17. The van der Waals surface area contributed by atoms with E-state index in [9.17, 15) is 10.1 Å². The molecule has 0 radical (unpaired) electrons. The molecule has 0 unspecified atom stereocenters. The lowest BCUT2D eigenvalue weighted by molar-refractivity contribution is -0.402. The summed E-state index contributed by atoms with van der Waals surface area (Å²) in [5.74, 6) is 0.228. The maximum Gasteiger partial charge on any atom is 0.433 e. The molecule has 0 aliphatic heterocycles. The zero-order valence-corrected chi connectivity index (χ0v) is 7.87. The van der Waals surface area contributed by atoms with Crippen molar-refractivity contribution < 1.29 is 9.34 Å². The Hall–Kier alpha value is -1.10. The highest BCUT2D eigenvalue weighted by Gasteiger charge is 2.09. The maximum atomic E-state index is 10.2. The monoisotopic (exact) mass is 231 g/mol. The summed E-state index contributed by atoms with van der Waals surface area (Å²) in [5, 5.41) is 10.2. The second kappa shape index (κ2) is 3.53. The van der Waals surface area contributed by atoms with Crippen LogP contribution in [0.1, 0.15) is 12.7 Å². The molecule has 0 amide bonds. The van der Waals surface area contributed by atoms with Crippen LogP contribution in [0.25, 0.3) is 6.08 Å². The molecule has 1 rings (SSSR count). The van der Waals surface area contributed by atoms with Gasteiger partial charge in [0.25, 0.3) is 0 Å². The molecule has 0 bridgehead atoms. The Balaban J connectivity index is 2.92. The predicted octanol–water partition coefficient (Wildman–Crippen LogP) is 2.94. The van der Waals surface area contributed by atoms with Crippen LogP contribution < -0.4 is 0 Å². The van der Waals surface area contributed by atoms with Gasteiger partial charge in [0.1, 0.15) is 10.7 Å². The predicted molar refractivity (Wildman–Crippen MR) is 47.9 cm³/mol. The standard InChI is InChI=1S/C7H6BrNO3/c1-5(8)4-6-2-3-7(12-6)9(10)11/h2-4H,1H3/b5-4-. The number of nitrogens with zero attached hydrogens (tertiary/aromatic N) is 1. The highest BCUT2D eigenvalue weighted by atomic mass is 79.9. The first kappa shape index (κ1) is 8.99. The minimum atomic E-state index is -0.569. The number of allylic oxidation sites excluding steroid dienone is 1. The van der Waals surface area contributed by atoms with E-state index in [0.29, 0.717) is 5.76 Å². The van der Waals surface area contributed by atoms with Gasteiger partial charge in [0.15, 0.2) is 0 Å². The molecule has 0 fully saturated rings. The lowest BCUT2D eigenvalue weighted by Gasteiger charge is -1.84. The van der Waals surface area contributed by atoms with Crippen molar-refractivity contribution in [2.75, 3.05) is 0 Å². The van der Waals surface area contributed by atoms with Crippen molar-refractivity contribution in [3.63, 3.8) is 0 Å². The van der Waals surface area contributed by atoms with E-state index in [1.807, 2.05) is 6.92 Å². The Kier molecular flexibility index (Phi) is 2.65. The zero-order chi connectivity index (χ0) is 9.14. The van der Waals surface area contributed by atoms with E-state index in [4.69, 9.17) is 4.42 Å². The Morgan fingerprint density at radius 2 is 2.42 bits per heavy atom. The minimum Gasteiger partial charge on any atom is -0.401 e. The van der Waals surface area contributed by atoms with Crippen LogP contribution in [0.4, 0.5) is 5.88 Å². The third kappa shape index (κ3) is 2.20. The second-order valence-electron chi connectivity index (χ2n) is 2.16. The fourth-order valence-electron chi connectivity index (χ4n) is 0.714. The molecule has 0 aromatic carbocycles. The first-order chi connectivity index (χ1) is 5.59. The summed E-state index contributed by atoms with van der Waals surface area (Å²) < 4.78 is 5.70. The molecule has 0 saturated heterocycles. The molecule has 1 aromatic heterocycles. The zero-order valence-electron chi connectivity index (χ0n) is 6.28. The number of hydrogen-bond acceptors (Lipinski definition) is 3. The third-order valence-corrected chi connectivity index (χ3v) is 1.36. The van der Waals surface area contributed by atoms with Crippen molar-refractivity contribution in [1.29, 1.82) is 0 Å². The van der Waals surface area contributed by atoms with Gasteiger partial charge in [-0.3, -0.25) is 10.1 Å². The van der Waals surface area contributed by atoms with Gasteiger partial charge < -0.3 is 4.42 Å². The smallest absolute Gasteiger partial charge is 0.401 e. The summed E-state index contributed by atoms with van der Waals surface area (Å²) in [5.41, 5.74) is 0. The molecule has 0 aliphatic rings. The fraction of sp³-hybridized carbons (Fsp3) is 0.143. The quantitative estimate of drug-likeness (QED) is 0.581. The van der Waals surface area contributed by atoms with Crippen molar-refractivity contribution in [2.45, 2.75) is 6.92 Å². The number of hydrogen-bond donors (Lipinski definition) is 0. The second-order valence-corrected chi connectivity index (χ2v) is 3.42. The first-order valence-corrected chi connectivity index (χ1v) is 3.97. The van der Waals surface area contributed by atoms with Crippen molar-refractivity contribution in [2.24, 2.45) is 0 Å². The van der Waals surface area contributed by atoms with Crippen molar-refractivity contribution in [1.82, 2.24) is 0 Å². The summed E-state index contributed by atoms with van der Waals surface area (Å²) in [6.07, 6.45) is 1.66. The van der Waals surface area contributed by atoms with Gasteiger partial charge in [0.2, 0.25) is 0 Å². The molecular weight excluding hydrogens is 226 g/mol. The molecule has 0 atom stereocenters. The van der Waals surface area contributed by atoms with Crippen molar-refractivity contribution >= 4 is 27.9 Å². The Morgan fingerprint density at radius 3 is 2.83 bits per heavy atom. The molecule has 0 aliphatic carbocycles. The number of rotatable bonds is 2. The van der Waals surface area contributed by atoms with Gasteiger partial charge in [-0.1, -0.05) is 15.9 Å². The highest BCUT2D eigenvalue weighted by Crippen LogP contribution is 2.19. The molecule has 5 heteroatoms. The molecule has 0 spiro atoms. The van der Waals surface area contributed by atoms with Crippen LogP contribution in [-0.4, -0.2) is 4.92 Å². The highest BCUT2D eigenvalue weighted by molar-refractivity contribution is 9.11. The SMILES string of the molecule is C/C(Br)=C/c1ccc([N+](=O)[O-])o1. The van der Waals surface area contributed by atoms with Gasteiger partial charge in [-0.05, 0) is 23.5 Å². The van der Waals surface area contributed by atoms with Crippen LogP contribution in [0.3, 0.4) is 0 Å². The lowest BCUT2D eigenvalue weighted by Crippen LogP contribution is -1.82. The average Bonchev–Trinajstić information content (AvgIpc) is 2.34. The van der Waals surface area contributed by atoms with E-state index in [2.05, 4.69) is 15.9 Å². The lowest BCUT2D eigenvalue weighted by atomic mass is 10.4. The van der Waals surface area contributed by atoms with Gasteiger partial charge in [-0.25, -0.2) is 0 Å². The van der Waals surface area contributed by atoms with E-state index >= 15 is 0 Å². The molecule has 0 saturated carbocycles. The summed E-state index contributed by atoms with van der Waals surface area (Å²) >= 11 is 3.19. The van der Waals surface area contributed by atoms with E-state index in [-0.39, 0.29) is 5.88 Å². The van der Waals surface area contributed by atoms with Crippen LogP contribution in [-0.2, 0) is 0 Å². The Bertz CT molecular complexity index is 325. The molecule has 0 N–H and O–H groups in total. The minimum absolute atomic E-state index is 0.241. The number of nitro groups is 1. The van der Waals surface area contributed by atoms with Gasteiger partial charge in [-0.15, -0.1) is 0 Å². The van der Waals surface area contributed by atoms with Crippen LogP contribution in [0.5, 0.6) is 0 Å². The third-order valence-electron chi connectivity index (χ3n) is 1.13. The van der Waals surface area contributed by atoms with Gasteiger partial charge in [-0.2, -0.15) is 0 Å². The normalized spacial score (nSPS) is 11.7. The largest absolute Gasteiger partial charge is 0.433 e. The summed E-state index contributed by atoms with van der Waals surface area (Å²) in [4.78, 5) is 9.61. The van der Waals surface area contributed by atoms with Crippen LogP contribution in [0.15, 0.2) is 21.0 Å². The molecule has 1 aromatic rings. The van der Waals surface area contributed by atoms with Crippen LogP contribution in [0, 0.1) is 10.1 Å². The average molecular weight is 232 g/mol. The van der Waals surface area contributed by atoms with Crippen molar-refractivity contribution in [3.05, 3.63) is 32.5 Å². The molecule has 4 nitrogen and oxygen atoms in total. The van der Waals surface area contributed by atoms with E-state index in [1.165, 1.54) is 6.07 Å². The maximum absolute atomic E-state index is 10.2. The number of halogens is 1. The van der Waals surface area contributed by atoms with Gasteiger partial charge in [0, 0.05) is 0 Å². The molecule has 1 heterocycles. The topological polar surface area (TPSA) is 56.3 Å². The molecule has 64 valence electrons. The van der Waals surface area contributed by atoms with Crippen molar-refractivity contribution in [3.8, 4) is 0 Å². The Morgan fingerprint density at radius 1 is 1.75 bits per heavy atom. The van der Waals surface area contributed by atoms with E-state index in [0.717, 1.165) is 4.48 Å². The molecule has 12 heavy (non-hydrogen) atoms. The summed E-state index contributed by atoms with van der Waals surface area (Å²) in [6.45, 7) is 1.81. The fourth-order valence-corrected chi connectivity index (χ4v) is 0.940. The van der Waals surface area contributed by atoms with Gasteiger partial charge >= 0.3 is 5.88 Å². The summed E-state index contributed by atoms with van der Waals surface area (Å²) in [7, 11) is 0. The number of furan rings is 1. The summed E-state index contributed by atoms with van der Waals surface area (Å²) in [6, 6.07) is 2.87. The Labute approximate surface area is 77.2 Å². The van der Waals surface area contributed by atoms with E-state index in [1.54, 1.807) is 12.1 Å².